The number of aromatic nitrogens is 2. The number of fused-ring (bicyclic) bond motifs is 1. The van der Waals surface area contributed by atoms with Crippen molar-refractivity contribution in [2.45, 2.75) is 19.4 Å². The van der Waals surface area contributed by atoms with Crippen LogP contribution >= 0.6 is 11.6 Å². The van der Waals surface area contributed by atoms with E-state index in [2.05, 4.69) is 41.0 Å². The highest BCUT2D eigenvalue weighted by Gasteiger charge is 2.15. The number of pyridine rings is 1. The van der Waals surface area contributed by atoms with Gasteiger partial charge in [0, 0.05) is 23.9 Å². The van der Waals surface area contributed by atoms with Crippen LogP contribution in [0.15, 0.2) is 60.8 Å². The smallest absolute Gasteiger partial charge is 0.137 e. The molecule has 0 bridgehead atoms. The number of nitrogens with zero attached hydrogens (tertiary/aromatic N) is 2. The Labute approximate surface area is 152 Å². The van der Waals surface area contributed by atoms with Gasteiger partial charge in [-0.25, -0.2) is 4.98 Å². The lowest BCUT2D eigenvalue weighted by atomic mass is 10.0. The summed E-state index contributed by atoms with van der Waals surface area (Å²) in [7, 11) is 1.71. The first-order valence-electron chi connectivity index (χ1n) is 8.39. The van der Waals surface area contributed by atoms with Gasteiger partial charge >= 0.3 is 0 Å². The number of allylic oxidation sites excluding steroid dienone is 4. The Kier molecular flexibility index (Phi) is 4.43. The van der Waals surface area contributed by atoms with Crippen molar-refractivity contribution in [1.82, 2.24) is 9.38 Å². The number of hydrogen-bond donors (Lipinski definition) is 0. The van der Waals surface area contributed by atoms with Crippen LogP contribution in [0, 0.1) is 0 Å². The summed E-state index contributed by atoms with van der Waals surface area (Å²) in [4.78, 5) is 4.82. The largest absolute Gasteiger partial charge is 0.378 e. The molecule has 0 aliphatic heterocycles. The molecule has 4 rings (SSSR count). The van der Waals surface area contributed by atoms with Gasteiger partial charge in [-0.05, 0) is 48.2 Å². The molecule has 2 heterocycles. The quantitative estimate of drug-likeness (QED) is 0.618. The second kappa shape index (κ2) is 6.87. The molecule has 2 aromatic heterocycles. The Balaban J connectivity index is 1.86. The van der Waals surface area contributed by atoms with Crippen LogP contribution in [0.4, 0.5) is 0 Å². The van der Waals surface area contributed by atoms with Gasteiger partial charge in [-0.1, -0.05) is 42.0 Å². The van der Waals surface area contributed by atoms with E-state index in [-0.39, 0.29) is 0 Å². The van der Waals surface area contributed by atoms with Crippen molar-refractivity contribution in [2.75, 3.05) is 7.11 Å². The van der Waals surface area contributed by atoms with Crippen LogP contribution in [-0.4, -0.2) is 16.5 Å². The fraction of sp³-hybridized carbons (Fsp3) is 0.190. The molecule has 3 nitrogen and oxygen atoms in total. The molecule has 0 amide bonds. The Morgan fingerprint density at radius 2 is 1.88 bits per heavy atom. The van der Waals surface area contributed by atoms with E-state index in [0.717, 1.165) is 40.5 Å². The van der Waals surface area contributed by atoms with E-state index in [1.54, 1.807) is 7.11 Å². The highest BCUT2D eigenvalue weighted by Crippen LogP contribution is 2.28. The molecule has 0 fully saturated rings. The summed E-state index contributed by atoms with van der Waals surface area (Å²) in [6.45, 7) is 0.497. The molecule has 3 aromatic rings. The molecule has 1 aromatic carbocycles. The predicted octanol–water partition coefficient (Wildman–Crippen LogP) is 5.53. The number of hydrogen-bond acceptors (Lipinski definition) is 2. The van der Waals surface area contributed by atoms with Crippen molar-refractivity contribution in [3.8, 4) is 11.3 Å². The third-order valence-electron chi connectivity index (χ3n) is 4.44. The summed E-state index contributed by atoms with van der Waals surface area (Å²) in [6, 6.07) is 12.0. The third-order valence-corrected chi connectivity index (χ3v) is 4.70. The average Bonchev–Trinajstić information content (AvgIpc) is 3.01. The minimum Gasteiger partial charge on any atom is -0.378 e. The fourth-order valence-electron chi connectivity index (χ4n) is 3.21. The summed E-state index contributed by atoms with van der Waals surface area (Å²) >= 11 is 6.02. The summed E-state index contributed by atoms with van der Waals surface area (Å²) < 4.78 is 7.58. The molecule has 0 saturated carbocycles. The minimum atomic E-state index is 0.497. The van der Waals surface area contributed by atoms with E-state index in [0.29, 0.717) is 6.61 Å². The zero-order valence-corrected chi connectivity index (χ0v) is 14.8. The first-order valence-corrected chi connectivity index (χ1v) is 8.77. The first kappa shape index (κ1) is 16.1. The molecule has 0 atom stereocenters. The molecule has 0 N–H and O–H groups in total. The Morgan fingerprint density at radius 1 is 1.08 bits per heavy atom. The highest BCUT2D eigenvalue weighted by molar-refractivity contribution is 6.30. The van der Waals surface area contributed by atoms with Crippen molar-refractivity contribution >= 4 is 22.8 Å². The average molecular weight is 351 g/mol. The number of ether oxygens (including phenoxy) is 1. The van der Waals surface area contributed by atoms with Crippen molar-refractivity contribution in [3.63, 3.8) is 0 Å². The van der Waals surface area contributed by atoms with Crippen molar-refractivity contribution < 1.29 is 4.74 Å². The molecule has 126 valence electrons. The Bertz CT molecular complexity index is 967. The van der Waals surface area contributed by atoms with Gasteiger partial charge in [-0.15, -0.1) is 0 Å². The normalized spacial score (nSPS) is 14.1. The standard InChI is InChI=1S/C21H19ClN2O/c1-25-14-19-21(16-7-10-18(22)11-8-16)23-20-12-9-17(13-24(19)20)15-5-3-2-4-6-15/h3,5-13H,2,4,14H2,1H3. The van der Waals surface area contributed by atoms with Crippen LogP contribution in [0.3, 0.4) is 0 Å². The van der Waals surface area contributed by atoms with Gasteiger partial charge in [0.2, 0.25) is 0 Å². The van der Waals surface area contributed by atoms with Crippen molar-refractivity contribution in [3.05, 3.63) is 77.1 Å². The van der Waals surface area contributed by atoms with Gasteiger partial charge in [0.05, 0.1) is 18.0 Å². The maximum absolute atomic E-state index is 6.02. The highest BCUT2D eigenvalue weighted by atomic mass is 35.5. The van der Waals surface area contributed by atoms with Gasteiger partial charge < -0.3 is 9.14 Å². The lowest BCUT2D eigenvalue weighted by molar-refractivity contribution is 0.181. The van der Waals surface area contributed by atoms with Gasteiger partial charge in [0.15, 0.2) is 0 Å². The van der Waals surface area contributed by atoms with E-state index in [9.17, 15) is 0 Å². The fourth-order valence-corrected chi connectivity index (χ4v) is 3.33. The SMILES string of the molecule is COCc1c(-c2ccc(Cl)cc2)nc2ccc(C3=CCCC=C3)cn12. The summed E-state index contributed by atoms with van der Waals surface area (Å²) in [5.41, 5.74) is 6.39. The topological polar surface area (TPSA) is 26.5 Å². The number of imidazole rings is 1. The Hall–Kier alpha value is -2.36. The summed E-state index contributed by atoms with van der Waals surface area (Å²) in [5.74, 6) is 0. The second-order valence-electron chi connectivity index (χ2n) is 6.13. The zero-order valence-electron chi connectivity index (χ0n) is 14.1. The molecule has 1 aliphatic carbocycles. The van der Waals surface area contributed by atoms with Crippen LogP contribution < -0.4 is 0 Å². The second-order valence-corrected chi connectivity index (χ2v) is 6.57. The summed E-state index contributed by atoms with van der Waals surface area (Å²) in [6.07, 6.45) is 11.1. The number of benzene rings is 1. The predicted molar refractivity (Wildman–Crippen MR) is 103 cm³/mol. The number of rotatable bonds is 4. The minimum absolute atomic E-state index is 0.497. The van der Waals surface area contributed by atoms with Crippen LogP contribution in [-0.2, 0) is 11.3 Å². The molecule has 1 aliphatic rings. The van der Waals surface area contributed by atoms with Crippen molar-refractivity contribution in [1.29, 1.82) is 0 Å². The molecule has 0 saturated heterocycles. The molecule has 4 heteroatoms. The van der Waals surface area contributed by atoms with E-state index >= 15 is 0 Å². The van der Waals surface area contributed by atoms with Gasteiger partial charge in [-0.3, -0.25) is 0 Å². The zero-order chi connectivity index (χ0) is 17.2. The van der Waals surface area contributed by atoms with E-state index < -0.39 is 0 Å². The van der Waals surface area contributed by atoms with Gasteiger partial charge in [0.25, 0.3) is 0 Å². The summed E-state index contributed by atoms with van der Waals surface area (Å²) in [5, 5.41) is 0.721. The van der Waals surface area contributed by atoms with Crippen LogP contribution in [0.5, 0.6) is 0 Å². The first-order chi connectivity index (χ1) is 12.3. The molecular formula is C21H19ClN2O. The molecule has 25 heavy (non-hydrogen) atoms. The molecular weight excluding hydrogens is 332 g/mol. The van der Waals surface area contributed by atoms with Gasteiger partial charge in [0.1, 0.15) is 5.65 Å². The van der Waals surface area contributed by atoms with E-state index in [1.807, 2.05) is 24.3 Å². The molecule has 0 radical (unpaired) electrons. The lowest BCUT2D eigenvalue weighted by Gasteiger charge is -2.09. The van der Waals surface area contributed by atoms with E-state index in [1.165, 1.54) is 11.1 Å². The molecule has 0 spiro atoms. The van der Waals surface area contributed by atoms with E-state index in [4.69, 9.17) is 21.3 Å². The Morgan fingerprint density at radius 3 is 2.60 bits per heavy atom. The van der Waals surface area contributed by atoms with Crippen LogP contribution in [0.25, 0.3) is 22.5 Å². The lowest BCUT2D eigenvalue weighted by Crippen LogP contribution is -1.98. The monoisotopic (exact) mass is 350 g/mol. The van der Waals surface area contributed by atoms with Crippen LogP contribution in [0.1, 0.15) is 24.1 Å². The van der Waals surface area contributed by atoms with Gasteiger partial charge in [-0.2, -0.15) is 0 Å². The third kappa shape index (κ3) is 3.13. The maximum atomic E-state index is 6.02. The number of methoxy groups -OCH3 is 1. The van der Waals surface area contributed by atoms with Crippen LogP contribution in [0.2, 0.25) is 5.02 Å². The maximum Gasteiger partial charge on any atom is 0.137 e. The number of halogens is 1. The van der Waals surface area contributed by atoms with Crippen molar-refractivity contribution in [2.24, 2.45) is 0 Å². The molecule has 0 unspecified atom stereocenters.